The predicted molar refractivity (Wildman–Crippen MR) is 103 cm³/mol. The molecule has 6 heteroatoms. The van der Waals surface area contributed by atoms with Crippen LogP contribution in [0.1, 0.15) is 15.9 Å². The van der Waals surface area contributed by atoms with Crippen LogP contribution in [0.2, 0.25) is 0 Å². The fourth-order valence-corrected chi connectivity index (χ4v) is 2.34. The molecule has 0 bridgehead atoms. The zero-order valence-electron chi connectivity index (χ0n) is 14.3. The molecule has 0 aliphatic rings. The molecule has 0 atom stereocenters. The second-order valence-corrected chi connectivity index (χ2v) is 5.63. The molecular weight excluding hydrogens is 342 g/mol. The molecule has 3 N–H and O–H groups in total. The van der Waals surface area contributed by atoms with Crippen LogP contribution in [0.4, 0.5) is 5.69 Å². The highest BCUT2D eigenvalue weighted by atomic mass is 16.3. The minimum atomic E-state index is -0.558. The topological polar surface area (TPSA) is 91.3 Å². The number of benzene rings is 2. The van der Waals surface area contributed by atoms with Gasteiger partial charge in [-0.2, -0.15) is 0 Å². The zero-order valence-corrected chi connectivity index (χ0v) is 14.3. The van der Waals surface area contributed by atoms with Crippen molar-refractivity contribution in [3.05, 3.63) is 95.9 Å². The number of hydrogen-bond acceptors (Lipinski definition) is 4. The molecule has 6 nitrogen and oxygen atoms in total. The molecule has 0 saturated carbocycles. The Morgan fingerprint density at radius 3 is 2.26 bits per heavy atom. The Bertz CT molecular complexity index is 970. The monoisotopic (exact) mass is 359 g/mol. The molecule has 3 rings (SSSR count). The van der Waals surface area contributed by atoms with Gasteiger partial charge in [-0.1, -0.05) is 30.3 Å². The summed E-state index contributed by atoms with van der Waals surface area (Å²) in [5.74, 6) is -1.04. The van der Waals surface area contributed by atoms with Crippen LogP contribution < -0.4 is 10.6 Å². The number of hydrogen-bond donors (Lipinski definition) is 3. The van der Waals surface area contributed by atoms with Crippen molar-refractivity contribution in [1.82, 2.24) is 10.3 Å². The van der Waals surface area contributed by atoms with Crippen molar-refractivity contribution in [1.29, 1.82) is 0 Å². The van der Waals surface area contributed by atoms with E-state index >= 15 is 0 Å². The van der Waals surface area contributed by atoms with Gasteiger partial charge in [0.2, 0.25) is 0 Å². The lowest BCUT2D eigenvalue weighted by molar-refractivity contribution is -0.113. The Hall–Kier alpha value is -3.93. The fourth-order valence-electron chi connectivity index (χ4n) is 2.34. The smallest absolute Gasteiger partial charge is 0.272 e. The quantitative estimate of drug-likeness (QED) is 0.482. The molecule has 134 valence electrons. The maximum atomic E-state index is 12.7. The van der Waals surface area contributed by atoms with E-state index in [1.54, 1.807) is 73.1 Å². The minimum Gasteiger partial charge on any atom is -0.506 e. The van der Waals surface area contributed by atoms with Crippen LogP contribution >= 0.6 is 0 Å². The van der Waals surface area contributed by atoms with Crippen LogP contribution in [0.5, 0.6) is 5.75 Å². The van der Waals surface area contributed by atoms with E-state index in [4.69, 9.17) is 0 Å². The number of amides is 2. The fraction of sp³-hybridized carbons (Fsp3) is 0. The summed E-state index contributed by atoms with van der Waals surface area (Å²) >= 11 is 0. The van der Waals surface area contributed by atoms with Crippen molar-refractivity contribution >= 4 is 23.6 Å². The van der Waals surface area contributed by atoms with Crippen LogP contribution in [0.15, 0.2) is 84.8 Å². The van der Waals surface area contributed by atoms with Crippen LogP contribution in [0, 0.1) is 0 Å². The van der Waals surface area contributed by atoms with Gasteiger partial charge in [0.15, 0.2) is 0 Å². The standard InChI is InChI=1S/C21H17N3O3/c25-19-9-5-4-8-17(19)23-21(27)18(14-15-10-12-22-13-11-15)24-20(26)16-6-2-1-3-7-16/h1-14,25H,(H,23,27)(H,24,26)/b18-14-. The molecule has 1 aromatic heterocycles. The third-order valence-electron chi connectivity index (χ3n) is 3.70. The van der Waals surface area contributed by atoms with Gasteiger partial charge in [-0.3, -0.25) is 14.6 Å². The third-order valence-corrected chi connectivity index (χ3v) is 3.70. The average Bonchev–Trinajstić information content (AvgIpc) is 2.70. The van der Waals surface area contributed by atoms with Crippen molar-refractivity contribution in [3.8, 4) is 5.75 Å². The van der Waals surface area contributed by atoms with Crippen molar-refractivity contribution in [2.45, 2.75) is 0 Å². The second kappa shape index (κ2) is 8.44. The van der Waals surface area contributed by atoms with Gasteiger partial charge in [0.1, 0.15) is 11.4 Å². The van der Waals surface area contributed by atoms with Crippen LogP contribution in [-0.2, 0) is 4.79 Å². The summed E-state index contributed by atoms with van der Waals surface area (Å²) in [7, 11) is 0. The first-order valence-electron chi connectivity index (χ1n) is 8.21. The molecule has 0 radical (unpaired) electrons. The van der Waals surface area contributed by atoms with Gasteiger partial charge < -0.3 is 15.7 Å². The summed E-state index contributed by atoms with van der Waals surface area (Å²) in [6.07, 6.45) is 4.71. The SMILES string of the molecule is O=C(Nc1ccccc1O)/C(=C/c1ccncc1)NC(=O)c1ccccc1. The predicted octanol–water partition coefficient (Wildman–Crippen LogP) is 3.20. The number of aromatic nitrogens is 1. The number of aromatic hydroxyl groups is 1. The lowest BCUT2D eigenvalue weighted by Crippen LogP contribution is -2.30. The van der Waals surface area contributed by atoms with E-state index in [1.165, 1.54) is 12.1 Å². The van der Waals surface area contributed by atoms with Crippen molar-refractivity contribution < 1.29 is 14.7 Å². The summed E-state index contributed by atoms with van der Waals surface area (Å²) in [5.41, 5.74) is 1.41. The van der Waals surface area contributed by atoms with Gasteiger partial charge in [0.25, 0.3) is 11.8 Å². The molecule has 0 saturated heterocycles. The maximum Gasteiger partial charge on any atom is 0.272 e. The largest absolute Gasteiger partial charge is 0.506 e. The van der Waals surface area contributed by atoms with E-state index in [0.29, 0.717) is 11.1 Å². The lowest BCUT2D eigenvalue weighted by Gasteiger charge is -2.12. The minimum absolute atomic E-state index is 0.0401. The van der Waals surface area contributed by atoms with E-state index in [0.717, 1.165) is 0 Å². The molecule has 0 fully saturated rings. The van der Waals surface area contributed by atoms with E-state index < -0.39 is 11.8 Å². The molecule has 2 aromatic carbocycles. The Morgan fingerprint density at radius 1 is 0.889 bits per heavy atom. The number of nitrogens with zero attached hydrogens (tertiary/aromatic N) is 1. The van der Waals surface area contributed by atoms with E-state index in [1.807, 2.05) is 0 Å². The molecule has 3 aromatic rings. The molecule has 0 unspecified atom stereocenters. The first-order chi connectivity index (χ1) is 13.1. The molecule has 1 heterocycles. The number of phenols is 1. The van der Waals surface area contributed by atoms with Gasteiger partial charge in [0, 0.05) is 18.0 Å². The Morgan fingerprint density at radius 2 is 1.56 bits per heavy atom. The normalized spacial score (nSPS) is 10.9. The maximum absolute atomic E-state index is 12.7. The van der Waals surface area contributed by atoms with Crippen molar-refractivity contribution in [2.24, 2.45) is 0 Å². The number of carbonyl (C=O) groups excluding carboxylic acids is 2. The van der Waals surface area contributed by atoms with Gasteiger partial charge in [-0.05, 0) is 48.0 Å². The van der Waals surface area contributed by atoms with E-state index in [-0.39, 0.29) is 17.1 Å². The first kappa shape index (κ1) is 17.9. The molecule has 0 aliphatic heterocycles. The molecule has 27 heavy (non-hydrogen) atoms. The van der Waals surface area contributed by atoms with Crippen LogP contribution in [0.25, 0.3) is 6.08 Å². The number of para-hydroxylation sites is 2. The highest BCUT2D eigenvalue weighted by molar-refractivity contribution is 6.11. The highest BCUT2D eigenvalue weighted by Crippen LogP contribution is 2.22. The van der Waals surface area contributed by atoms with E-state index in [2.05, 4.69) is 15.6 Å². The Balaban J connectivity index is 1.88. The number of pyridine rings is 1. The van der Waals surface area contributed by atoms with Gasteiger partial charge in [0.05, 0.1) is 5.69 Å². The summed E-state index contributed by atoms with van der Waals surface area (Å²) in [6, 6.07) is 18.4. The highest BCUT2D eigenvalue weighted by Gasteiger charge is 2.16. The van der Waals surface area contributed by atoms with Crippen molar-refractivity contribution in [2.75, 3.05) is 5.32 Å². The van der Waals surface area contributed by atoms with Crippen LogP contribution in [0.3, 0.4) is 0 Å². The number of carbonyl (C=O) groups is 2. The van der Waals surface area contributed by atoms with Crippen molar-refractivity contribution in [3.63, 3.8) is 0 Å². The van der Waals surface area contributed by atoms with Crippen LogP contribution in [-0.4, -0.2) is 21.9 Å². The summed E-state index contributed by atoms with van der Waals surface area (Å²) in [6.45, 7) is 0. The second-order valence-electron chi connectivity index (χ2n) is 5.63. The molecule has 0 aliphatic carbocycles. The van der Waals surface area contributed by atoms with Gasteiger partial charge >= 0.3 is 0 Å². The zero-order chi connectivity index (χ0) is 19.1. The summed E-state index contributed by atoms with van der Waals surface area (Å²) in [5, 5.41) is 15.1. The third kappa shape index (κ3) is 4.79. The van der Waals surface area contributed by atoms with Gasteiger partial charge in [-0.25, -0.2) is 0 Å². The molecule has 2 amide bonds. The number of anilines is 1. The number of phenolic OH excluding ortho intramolecular Hbond substituents is 1. The average molecular weight is 359 g/mol. The van der Waals surface area contributed by atoms with Gasteiger partial charge in [-0.15, -0.1) is 0 Å². The summed E-state index contributed by atoms with van der Waals surface area (Å²) < 4.78 is 0. The van der Waals surface area contributed by atoms with E-state index in [9.17, 15) is 14.7 Å². The summed E-state index contributed by atoms with van der Waals surface area (Å²) in [4.78, 5) is 29.1. The number of rotatable bonds is 5. The Kier molecular flexibility index (Phi) is 5.59. The lowest BCUT2D eigenvalue weighted by atomic mass is 10.2. The Labute approximate surface area is 156 Å². The first-order valence-corrected chi connectivity index (χ1v) is 8.21. The molecular formula is C21H17N3O3. The number of nitrogens with one attached hydrogen (secondary N) is 2. The molecule has 0 spiro atoms.